The summed E-state index contributed by atoms with van der Waals surface area (Å²) in [6, 6.07) is 60.3. The zero-order valence-electron chi connectivity index (χ0n) is 30.3. The van der Waals surface area contributed by atoms with Crippen molar-refractivity contribution in [1.82, 2.24) is 4.57 Å². The van der Waals surface area contributed by atoms with Crippen molar-refractivity contribution in [3.05, 3.63) is 188 Å². The number of fused-ring (bicyclic) bond motifs is 3. The van der Waals surface area contributed by atoms with Crippen LogP contribution in [-0.2, 0) is 5.41 Å². The summed E-state index contributed by atoms with van der Waals surface area (Å²) in [5, 5.41) is 2.48. The topological polar surface area (TPSA) is 20.6 Å². The molecule has 7 aromatic carbocycles. The van der Waals surface area contributed by atoms with Crippen LogP contribution >= 0.6 is 0 Å². The largest absolute Gasteiger partial charge is 0.457 e. The molecular formula is C49H41N3O. The van der Waals surface area contributed by atoms with Crippen LogP contribution in [0.3, 0.4) is 0 Å². The van der Waals surface area contributed by atoms with Crippen LogP contribution in [0.25, 0.3) is 49.7 Å². The summed E-state index contributed by atoms with van der Waals surface area (Å²) in [5.74, 6) is 1.57. The van der Waals surface area contributed by atoms with Gasteiger partial charge >= 0.3 is 0 Å². The molecule has 0 bridgehead atoms. The fourth-order valence-corrected chi connectivity index (χ4v) is 7.47. The van der Waals surface area contributed by atoms with Crippen LogP contribution in [0.5, 0.6) is 11.5 Å². The van der Waals surface area contributed by atoms with Crippen molar-refractivity contribution in [3.63, 3.8) is 0 Å². The van der Waals surface area contributed by atoms with Crippen molar-refractivity contribution < 1.29 is 4.74 Å². The van der Waals surface area contributed by atoms with Crippen molar-refractivity contribution in [2.45, 2.75) is 26.2 Å². The van der Waals surface area contributed by atoms with E-state index in [1.807, 2.05) is 6.07 Å². The van der Waals surface area contributed by atoms with Gasteiger partial charge in [0.25, 0.3) is 0 Å². The molecule has 0 fully saturated rings. The second-order valence-corrected chi connectivity index (χ2v) is 14.8. The highest BCUT2D eigenvalue weighted by atomic mass is 16.5. The molecule has 0 aliphatic carbocycles. The van der Waals surface area contributed by atoms with Crippen molar-refractivity contribution in [2.75, 3.05) is 16.5 Å². The molecule has 2 heterocycles. The van der Waals surface area contributed by atoms with Gasteiger partial charge in [-0.15, -0.1) is 0 Å². The minimum absolute atomic E-state index is 0.0478. The second kappa shape index (κ2) is 13.2. The van der Waals surface area contributed by atoms with Crippen LogP contribution in [0.1, 0.15) is 26.3 Å². The average Bonchev–Trinajstić information content (AvgIpc) is 3.82. The predicted molar refractivity (Wildman–Crippen MR) is 222 cm³/mol. The first-order valence-electron chi connectivity index (χ1n) is 18.3. The molecule has 0 unspecified atom stereocenters. The van der Waals surface area contributed by atoms with Gasteiger partial charge in [-0.25, -0.2) is 0 Å². The highest BCUT2D eigenvalue weighted by Crippen LogP contribution is 2.40. The van der Waals surface area contributed by atoms with E-state index in [4.69, 9.17) is 4.74 Å². The van der Waals surface area contributed by atoms with Gasteiger partial charge in [-0.1, -0.05) is 130 Å². The van der Waals surface area contributed by atoms with Gasteiger partial charge in [0.2, 0.25) is 0 Å². The Bertz CT molecular complexity index is 2560. The van der Waals surface area contributed by atoms with E-state index in [1.165, 1.54) is 44.2 Å². The summed E-state index contributed by atoms with van der Waals surface area (Å²) in [5.41, 5.74) is 11.7. The molecule has 0 radical (unpaired) electrons. The average molecular weight is 688 g/mol. The van der Waals surface area contributed by atoms with Crippen LogP contribution in [0.15, 0.2) is 182 Å². The van der Waals surface area contributed by atoms with E-state index in [0.29, 0.717) is 6.67 Å². The van der Waals surface area contributed by atoms with E-state index >= 15 is 0 Å². The molecule has 9 rings (SSSR count). The maximum atomic E-state index is 6.76. The summed E-state index contributed by atoms with van der Waals surface area (Å²) in [6.07, 6.45) is 4.35. The van der Waals surface area contributed by atoms with Gasteiger partial charge in [0.05, 0.1) is 23.4 Å². The monoisotopic (exact) mass is 687 g/mol. The lowest BCUT2D eigenvalue weighted by Crippen LogP contribution is -2.25. The molecule has 53 heavy (non-hydrogen) atoms. The number of nitrogens with zero attached hydrogens (tertiary/aromatic N) is 3. The van der Waals surface area contributed by atoms with E-state index in [-0.39, 0.29) is 5.41 Å². The number of rotatable bonds is 7. The molecule has 0 saturated carbocycles. The third-order valence-electron chi connectivity index (χ3n) is 10.2. The molecular weight excluding hydrogens is 647 g/mol. The molecule has 4 nitrogen and oxygen atoms in total. The SMILES string of the molecule is CC(C)(C)c1ccc(N2C=CN(c3cc(Oc4cccc(-n5c6ccccc6c6ccccc65)c4)cc(-c4ccccc4)c3)C2)c(-c2ccccc2)c1. The fraction of sp³-hybridized carbons (Fsp3) is 0.102. The number of benzene rings is 7. The summed E-state index contributed by atoms with van der Waals surface area (Å²) in [4.78, 5) is 4.62. The standard InChI is InChI=1S/C49H41N3O/c1-49(2,3)38-25-26-46(45(31-38)36-17-8-5-9-18-36)51-28-27-50(34-51)40-29-37(35-15-6-4-7-16-35)30-42(33-40)53-41-20-14-19-39(32-41)52-47-23-12-10-21-43(47)44-22-11-13-24-48(44)52/h4-33H,34H2,1-3H3. The number of hydrogen-bond acceptors (Lipinski definition) is 3. The predicted octanol–water partition coefficient (Wildman–Crippen LogP) is 13.0. The Morgan fingerprint density at radius 3 is 1.79 bits per heavy atom. The minimum atomic E-state index is 0.0478. The smallest absolute Gasteiger partial charge is 0.130 e. The van der Waals surface area contributed by atoms with Gasteiger partial charge in [-0.05, 0) is 76.2 Å². The minimum Gasteiger partial charge on any atom is -0.457 e. The first-order chi connectivity index (χ1) is 25.9. The van der Waals surface area contributed by atoms with Gasteiger partial charge < -0.3 is 19.1 Å². The summed E-state index contributed by atoms with van der Waals surface area (Å²) < 4.78 is 9.08. The van der Waals surface area contributed by atoms with Crippen molar-refractivity contribution >= 4 is 33.2 Å². The maximum absolute atomic E-state index is 6.76. The third-order valence-corrected chi connectivity index (χ3v) is 10.2. The first kappa shape index (κ1) is 32.4. The Morgan fingerprint density at radius 2 is 1.09 bits per heavy atom. The third kappa shape index (κ3) is 6.23. The van der Waals surface area contributed by atoms with E-state index in [2.05, 4.69) is 211 Å². The Hall–Kier alpha value is -6.52. The van der Waals surface area contributed by atoms with E-state index in [9.17, 15) is 0 Å². The molecule has 0 atom stereocenters. The summed E-state index contributed by atoms with van der Waals surface area (Å²) >= 11 is 0. The van der Waals surface area contributed by atoms with Gasteiger partial charge in [0, 0.05) is 52.2 Å². The van der Waals surface area contributed by atoms with Gasteiger partial charge in [0.1, 0.15) is 11.5 Å². The highest BCUT2D eigenvalue weighted by molar-refractivity contribution is 6.09. The van der Waals surface area contributed by atoms with Crippen molar-refractivity contribution in [2.24, 2.45) is 0 Å². The number of anilines is 2. The van der Waals surface area contributed by atoms with E-state index in [1.54, 1.807) is 0 Å². The molecule has 1 aliphatic heterocycles. The molecule has 0 N–H and O–H groups in total. The first-order valence-corrected chi connectivity index (χ1v) is 18.3. The Kier molecular flexibility index (Phi) is 8.08. The molecule has 1 aliphatic rings. The number of para-hydroxylation sites is 2. The lowest BCUT2D eigenvalue weighted by atomic mass is 9.85. The molecule has 0 spiro atoms. The summed E-state index contributed by atoms with van der Waals surface area (Å²) in [7, 11) is 0. The van der Waals surface area contributed by atoms with Gasteiger partial charge in [0.15, 0.2) is 0 Å². The van der Waals surface area contributed by atoms with Crippen LogP contribution in [-0.4, -0.2) is 11.2 Å². The molecule has 4 heteroatoms. The Labute approximate surface area is 311 Å². The van der Waals surface area contributed by atoms with Crippen LogP contribution in [0.2, 0.25) is 0 Å². The van der Waals surface area contributed by atoms with Crippen LogP contribution in [0, 0.1) is 0 Å². The molecule has 0 saturated heterocycles. The fourth-order valence-electron chi connectivity index (χ4n) is 7.47. The molecule has 0 amide bonds. The molecule has 258 valence electrons. The zero-order chi connectivity index (χ0) is 35.9. The zero-order valence-corrected chi connectivity index (χ0v) is 30.3. The summed E-state index contributed by atoms with van der Waals surface area (Å²) in [6.45, 7) is 7.49. The van der Waals surface area contributed by atoms with Crippen LogP contribution < -0.4 is 14.5 Å². The second-order valence-electron chi connectivity index (χ2n) is 14.8. The number of ether oxygens (including phenoxy) is 1. The van der Waals surface area contributed by atoms with Crippen molar-refractivity contribution in [3.8, 4) is 39.4 Å². The highest BCUT2D eigenvalue weighted by Gasteiger charge is 2.23. The quantitative estimate of drug-likeness (QED) is 0.166. The number of aromatic nitrogens is 1. The van der Waals surface area contributed by atoms with Gasteiger partial charge in [-0.3, -0.25) is 0 Å². The lowest BCUT2D eigenvalue weighted by molar-refractivity contribution is 0.483. The Balaban J connectivity index is 1.07. The Morgan fingerprint density at radius 1 is 0.472 bits per heavy atom. The van der Waals surface area contributed by atoms with Crippen molar-refractivity contribution in [1.29, 1.82) is 0 Å². The van der Waals surface area contributed by atoms with Gasteiger partial charge in [-0.2, -0.15) is 0 Å². The van der Waals surface area contributed by atoms with E-state index in [0.717, 1.165) is 34.0 Å². The number of hydrogen-bond donors (Lipinski definition) is 0. The maximum Gasteiger partial charge on any atom is 0.130 e. The lowest BCUT2D eigenvalue weighted by Gasteiger charge is -2.27. The molecule has 1 aromatic heterocycles. The van der Waals surface area contributed by atoms with Crippen LogP contribution in [0.4, 0.5) is 11.4 Å². The molecule has 8 aromatic rings. The van der Waals surface area contributed by atoms with E-state index < -0.39 is 0 Å². The normalized spacial score (nSPS) is 13.0.